The van der Waals surface area contributed by atoms with Crippen molar-refractivity contribution in [2.45, 2.75) is 6.18 Å². The highest BCUT2D eigenvalue weighted by Crippen LogP contribution is 2.30. The van der Waals surface area contributed by atoms with Gasteiger partial charge in [-0.1, -0.05) is 12.1 Å². The topological polar surface area (TPSA) is 69.6 Å². The Kier molecular flexibility index (Phi) is 3.13. The molecule has 3 rings (SSSR count). The largest absolute Gasteiger partial charge is 0.452 e. The first-order valence-electron chi connectivity index (χ1n) is 5.76. The summed E-state index contributed by atoms with van der Waals surface area (Å²) < 4.78 is 42.5. The predicted molar refractivity (Wildman–Crippen MR) is 71.9 cm³/mol. The van der Waals surface area contributed by atoms with Gasteiger partial charge in [-0.25, -0.2) is 4.98 Å². The Morgan fingerprint density at radius 1 is 1.24 bits per heavy atom. The van der Waals surface area contributed by atoms with E-state index in [0.29, 0.717) is 28.6 Å². The average Bonchev–Trinajstić information content (AvgIpc) is 3.07. The molecule has 0 fully saturated rings. The number of benzene rings is 1. The second-order valence-electron chi connectivity index (χ2n) is 4.14. The van der Waals surface area contributed by atoms with Crippen LogP contribution in [0.2, 0.25) is 0 Å². The Morgan fingerprint density at radius 2 is 2.05 bits per heavy atom. The molecule has 0 unspecified atom stereocenters. The first-order chi connectivity index (χ1) is 9.95. The van der Waals surface area contributed by atoms with E-state index in [2.05, 4.69) is 14.3 Å². The van der Waals surface area contributed by atoms with Crippen molar-refractivity contribution in [1.29, 1.82) is 0 Å². The third-order valence-electron chi connectivity index (χ3n) is 2.66. The van der Waals surface area contributed by atoms with Crippen LogP contribution in [0.25, 0.3) is 16.5 Å². The van der Waals surface area contributed by atoms with E-state index in [-0.39, 0.29) is 5.13 Å². The maximum Gasteiger partial charge on any atom is 0.452 e. The van der Waals surface area contributed by atoms with Crippen LogP contribution in [0.5, 0.6) is 0 Å². The molecule has 0 aliphatic carbocycles. The van der Waals surface area contributed by atoms with E-state index in [1.807, 2.05) is 0 Å². The molecule has 1 aromatic carbocycles. The zero-order valence-electron chi connectivity index (χ0n) is 10.4. The molecule has 2 heterocycles. The van der Waals surface area contributed by atoms with Gasteiger partial charge in [-0.05, 0) is 12.1 Å². The van der Waals surface area contributed by atoms with Gasteiger partial charge in [-0.2, -0.15) is 22.5 Å². The maximum atomic E-state index is 12.6. The smallest absolute Gasteiger partial charge is 0.399 e. The molecule has 0 atom stereocenters. The summed E-state index contributed by atoms with van der Waals surface area (Å²) in [7, 11) is 0. The number of aromatic nitrogens is 4. The van der Waals surface area contributed by atoms with Crippen LogP contribution in [-0.2, 0) is 6.18 Å². The van der Waals surface area contributed by atoms with Gasteiger partial charge >= 0.3 is 6.18 Å². The molecule has 108 valence electrons. The summed E-state index contributed by atoms with van der Waals surface area (Å²) in [5.74, 6) is -0.707. The van der Waals surface area contributed by atoms with E-state index in [9.17, 15) is 13.2 Å². The van der Waals surface area contributed by atoms with Gasteiger partial charge in [0.2, 0.25) is 11.0 Å². The molecule has 0 saturated heterocycles. The third kappa shape index (κ3) is 2.59. The molecule has 0 aliphatic rings. The minimum Gasteiger partial charge on any atom is -0.399 e. The molecule has 3 aromatic rings. The molecule has 2 N–H and O–H groups in total. The van der Waals surface area contributed by atoms with Crippen molar-refractivity contribution < 1.29 is 13.2 Å². The van der Waals surface area contributed by atoms with Gasteiger partial charge in [0, 0.05) is 35.2 Å². The van der Waals surface area contributed by atoms with Crippen LogP contribution in [0.1, 0.15) is 5.82 Å². The van der Waals surface area contributed by atoms with E-state index in [4.69, 9.17) is 5.73 Å². The highest BCUT2D eigenvalue weighted by Gasteiger charge is 2.36. The molecule has 0 spiro atoms. The number of nitrogen functional groups attached to an aromatic ring is 1. The Labute approximate surface area is 121 Å². The second kappa shape index (κ2) is 4.85. The number of halogens is 3. The zero-order valence-corrected chi connectivity index (χ0v) is 11.2. The summed E-state index contributed by atoms with van der Waals surface area (Å²) in [6.07, 6.45) is -1.56. The lowest BCUT2D eigenvalue weighted by Crippen LogP contribution is -2.07. The highest BCUT2D eigenvalue weighted by atomic mass is 32.1. The number of imidazole rings is 1. The number of nitrogens with zero attached hydrogens (tertiary/aromatic N) is 4. The van der Waals surface area contributed by atoms with Gasteiger partial charge in [-0.15, -0.1) is 0 Å². The van der Waals surface area contributed by atoms with Crippen molar-refractivity contribution in [3.05, 3.63) is 42.5 Å². The van der Waals surface area contributed by atoms with Crippen LogP contribution >= 0.6 is 11.5 Å². The van der Waals surface area contributed by atoms with Crippen LogP contribution in [0.3, 0.4) is 0 Å². The van der Waals surface area contributed by atoms with Gasteiger partial charge in [-0.3, -0.25) is 4.57 Å². The standard InChI is InChI=1S/C12H8F3N5S/c13-12(14,15)10-18-11(21-19-10)20-5-4-17-9(20)7-2-1-3-8(16)6-7/h1-6H,16H2. The average molecular weight is 311 g/mol. The molecule has 5 nitrogen and oxygen atoms in total. The fraction of sp³-hybridized carbons (Fsp3) is 0.0833. The molecular weight excluding hydrogens is 303 g/mol. The Hall–Kier alpha value is -2.42. The van der Waals surface area contributed by atoms with E-state index in [1.165, 1.54) is 17.0 Å². The van der Waals surface area contributed by atoms with Gasteiger partial charge in [0.25, 0.3) is 0 Å². The van der Waals surface area contributed by atoms with Gasteiger partial charge in [0.1, 0.15) is 5.82 Å². The molecule has 2 aromatic heterocycles. The summed E-state index contributed by atoms with van der Waals surface area (Å²) in [5.41, 5.74) is 6.92. The van der Waals surface area contributed by atoms with Crippen molar-refractivity contribution in [3.63, 3.8) is 0 Å². The van der Waals surface area contributed by atoms with Crippen molar-refractivity contribution in [1.82, 2.24) is 18.9 Å². The van der Waals surface area contributed by atoms with E-state index < -0.39 is 12.0 Å². The molecule has 21 heavy (non-hydrogen) atoms. The molecule has 0 radical (unpaired) electrons. The fourth-order valence-corrected chi connectivity index (χ4v) is 2.45. The number of nitrogens with two attached hydrogens (primary N) is 1. The number of hydrogen-bond donors (Lipinski definition) is 1. The van der Waals surface area contributed by atoms with Crippen LogP contribution in [0.4, 0.5) is 18.9 Å². The summed E-state index contributed by atoms with van der Waals surface area (Å²) >= 11 is 0.658. The monoisotopic (exact) mass is 311 g/mol. The lowest BCUT2D eigenvalue weighted by molar-refractivity contribution is -0.144. The van der Waals surface area contributed by atoms with E-state index in [0.717, 1.165) is 0 Å². The summed E-state index contributed by atoms with van der Waals surface area (Å²) in [6.45, 7) is 0. The predicted octanol–water partition coefficient (Wildman–Crippen LogP) is 2.99. The lowest BCUT2D eigenvalue weighted by atomic mass is 10.2. The van der Waals surface area contributed by atoms with Crippen molar-refractivity contribution in [2.24, 2.45) is 0 Å². The SMILES string of the molecule is Nc1cccc(-c2nccn2-c2nc(C(F)(F)F)ns2)c1. The lowest BCUT2D eigenvalue weighted by Gasteiger charge is -2.04. The van der Waals surface area contributed by atoms with Gasteiger partial charge in [0.05, 0.1) is 0 Å². The molecular formula is C12H8F3N5S. The van der Waals surface area contributed by atoms with Crippen molar-refractivity contribution >= 4 is 17.2 Å². The zero-order chi connectivity index (χ0) is 15.0. The summed E-state index contributed by atoms with van der Waals surface area (Å²) in [4.78, 5) is 7.65. The quantitative estimate of drug-likeness (QED) is 0.739. The molecule has 9 heteroatoms. The first kappa shape index (κ1) is 13.6. The van der Waals surface area contributed by atoms with E-state index >= 15 is 0 Å². The second-order valence-corrected chi connectivity index (χ2v) is 4.87. The van der Waals surface area contributed by atoms with E-state index in [1.54, 1.807) is 24.3 Å². The highest BCUT2D eigenvalue weighted by molar-refractivity contribution is 7.08. The Bertz CT molecular complexity index is 777. The van der Waals surface area contributed by atoms with Crippen LogP contribution in [0, 0.1) is 0 Å². The summed E-state index contributed by atoms with van der Waals surface area (Å²) in [5, 5.41) is 0.0947. The van der Waals surface area contributed by atoms with Crippen molar-refractivity contribution in [2.75, 3.05) is 5.73 Å². The summed E-state index contributed by atoms with van der Waals surface area (Å²) in [6, 6.07) is 6.90. The van der Waals surface area contributed by atoms with Gasteiger partial charge < -0.3 is 5.73 Å². The maximum absolute atomic E-state index is 12.6. The Morgan fingerprint density at radius 3 is 2.71 bits per heavy atom. The number of anilines is 1. The van der Waals surface area contributed by atoms with Crippen LogP contribution < -0.4 is 5.73 Å². The van der Waals surface area contributed by atoms with Crippen molar-refractivity contribution in [3.8, 4) is 16.5 Å². The molecule has 0 saturated carbocycles. The molecule has 0 amide bonds. The third-order valence-corrected chi connectivity index (χ3v) is 3.38. The number of hydrogen-bond acceptors (Lipinski definition) is 5. The molecule has 0 aliphatic heterocycles. The molecule has 0 bridgehead atoms. The van der Waals surface area contributed by atoms with Gasteiger partial charge in [0.15, 0.2) is 0 Å². The number of alkyl halides is 3. The Balaban J connectivity index is 2.05. The minimum absolute atomic E-state index is 0.0947. The van der Waals surface area contributed by atoms with Crippen LogP contribution in [-0.4, -0.2) is 18.9 Å². The minimum atomic E-state index is -4.56. The number of rotatable bonds is 2. The van der Waals surface area contributed by atoms with Crippen LogP contribution in [0.15, 0.2) is 36.7 Å². The first-order valence-corrected chi connectivity index (χ1v) is 6.53. The fourth-order valence-electron chi connectivity index (χ4n) is 1.78. The normalized spacial score (nSPS) is 11.8.